The van der Waals surface area contributed by atoms with Gasteiger partial charge in [-0.25, -0.2) is 26.4 Å². The first kappa shape index (κ1) is 24.4. The highest BCUT2D eigenvalue weighted by molar-refractivity contribution is 7.92. The van der Waals surface area contributed by atoms with Crippen molar-refractivity contribution in [3.05, 3.63) is 89.2 Å². The Morgan fingerprint density at radius 2 is 1.61 bits per heavy atom. The number of anilines is 1. The summed E-state index contributed by atoms with van der Waals surface area (Å²) >= 11 is 0. The van der Waals surface area contributed by atoms with E-state index in [0.29, 0.717) is 12.0 Å². The van der Waals surface area contributed by atoms with Gasteiger partial charge in [-0.2, -0.15) is 0 Å². The summed E-state index contributed by atoms with van der Waals surface area (Å²) in [6, 6.07) is 15.5. The maximum Gasteiger partial charge on any atom is 0.261 e. The summed E-state index contributed by atoms with van der Waals surface area (Å²) in [6.45, 7) is 1.80. The van der Waals surface area contributed by atoms with E-state index in [4.69, 9.17) is 5.14 Å². The molecule has 0 saturated heterocycles. The number of hydrogen-bond acceptors (Lipinski definition) is 5. The number of benzene rings is 3. The molecule has 0 aliphatic heterocycles. The van der Waals surface area contributed by atoms with Gasteiger partial charge in [-0.15, -0.1) is 0 Å². The van der Waals surface area contributed by atoms with Crippen molar-refractivity contribution in [3.63, 3.8) is 0 Å². The zero-order valence-corrected chi connectivity index (χ0v) is 19.2. The lowest BCUT2D eigenvalue weighted by atomic mass is 10.1. The minimum absolute atomic E-state index is 0.00271. The Bertz CT molecular complexity index is 1390. The van der Waals surface area contributed by atoms with Crippen LogP contribution in [0.5, 0.6) is 0 Å². The zero-order chi connectivity index (χ0) is 24.2. The van der Waals surface area contributed by atoms with E-state index in [1.54, 1.807) is 12.1 Å². The molecule has 0 fully saturated rings. The van der Waals surface area contributed by atoms with Crippen LogP contribution in [0.25, 0.3) is 0 Å². The molecule has 0 unspecified atom stereocenters. The smallest absolute Gasteiger partial charge is 0.261 e. The SMILES string of the molecule is Cc1ccc(S(=O)(=O)Nc2cccc(C(=O)NCCc3ccc(S(N)(=O)=O)cc3)c2)cc1F. The quantitative estimate of drug-likeness (QED) is 0.445. The highest BCUT2D eigenvalue weighted by Crippen LogP contribution is 2.19. The van der Waals surface area contributed by atoms with E-state index in [0.717, 1.165) is 11.6 Å². The van der Waals surface area contributed by atoms with Gasteiger partial charge in [0.15, 0.2) is 0 Å². The van der Waals surface area contributed by atoms with Gasteiger partial charge in [0.05, 0.1) is 9.79 Å². The number of primary sulfonamides is 1. The molecule has 3 aromatic carbocycles. The summed E-state index contributed by atoms with van der Waals surface area (Å²) in [5.41, 5.74) is 1.51. The Morgan fingerprint density at radius 3 is 2.24 bits per heavy atom. The fourth-order valence-corrected chi connectivity index (χ4v) is 4.52. The number of nitrogens with one attached hydrogen (secondary N) is 2. The Morgan fingerprint density at radius 1 is 0.939 bits per heavy atom. The number of carbonyl (C=O) groups excluding carboxylic acids is 1. The molecule has 0 saturated carbocycles. The van der Waals surface area contributed by atoms with Gasteiger partial charge in [-0.05, 0) is 66.9 Å². The molecule has 0 aliphatic rings. The summed E-state index contributed by atoms with van der Waals surface area (Å²) in [7, 11) is -7.80. The number of sulfonamides is 2. The third-order valence-corrected chi connectivity index (χ3v) is 7.09. The van der Waals surface area contributed by atoms with Gasteiger partial charge < -0.3 is 5.32 Å². The van der Waals surface area contributed by atoms with Crippen LogP contribution in [0, 0.1) is 12.7 Å². The molecular weight excluding hydrogens is 469 g/mol. The number of nitrogens with two attached hydrogens (primary N) is 1. The van der Waals surface area contributed by atoms with Crippen LogP contribution in [0.4, 0.5) is 10.1 Å². The lowest BCUT2D eigenvalue weighted by Crippen LogP contribution is -2.25. The minimum atomic E-state index is -4.04. The van der Waals surface area contributed by atoms with Gasteiger partial charge in [0.1, 0.15) is 5.82 Å². The van der Waals surface area contributed by atoms with Crippen molar-refractivity contribution >= 4 is 31.6 Å². The van der Waals surface area contributed by atoms with Crippen molar-refractivity contribution in [2.75, 3.05) is 11.3 Å². The minimum Gasteiger partial charge on any atom is -0.352 e. The van der Waals surface area contributed by atoms with Crippen LogP contribution >= 0.6 is 0 Å². The predicted molar refractivity (Wildman–Crippen MR) is 122 cm³/mol. The van der Waals surface area contributed by atoms with Crippen LogP contribution in [-0.2, 0) is 26.5 Å². The van der Waals surface area contributed by atoms with Crippen molar-refractivity contribution in [1.29, 1.82) is 0 Å². The number of amides is 1. The third kappa shape index (κ3) is 6.37. The number of aryl methyl sites for hydroxylation is 1. The van der Waals surface area contributed by atoms with Gasteiger partial charge in [0.2, 0.25) is 10.0 Å². The Labute approximate surface area is 191 Å². The normalized spacial score (nSPS) is 11.7. The van der Waals surface area contributed by atoms with Gasteiger partial charge >= 0.3 is 0 Å². The molecule has 11 heteroatoms. The lowest BCUT2D eigenvalue weighted by molar-refractivity contribution is 0.0954. The molecule has 3 rings (SSSR count). The van der Waals surface area contributed by atoms with E-state index in [-0.39, 0.29) is 27.6 Å². The highest BCUT2D eigenvalue weighted by Gasteiger charge is 2.17. The average molecular weight is 492 g/mol. The van der Waals surface area contributed by atoms with Crippen molar-refractivity contribution in [2.24, 2.45) is 5.14 Å². The molecule has 0 aliphatic carbocycles. The first-order valence-corrected chi connectivity index (χ1v) is 12.8. The molecule has 0 heterocycles. The second-order valence-electron chi connectivity index (χ2n) is 7.29. The van der Waals surface area contributed by atoms with E-state index in [1.807, 2.05) is 0 Å². The van der Waals surface area contributed by atoms with Crippen LogP contribution in [0.15, 0.2) is 76.5 Å². The van der Waals surface area contributed by atoms with Crippen molar-refractivity contribution < 1.29 is 26.0 Å². The van der Waals surface area contributed by atoms with Crippen LogP contribution in [0.2, 0.25) is 0 Å². The molecule has 0 atom stereocenters. The van der Waals surface area contributed by atoms with Gasteiger partial charge in [0, 0.05) is 17.8 Å². The largest absolute Gasteiger partial charge is 0.352 e. The third-order valence-electron chi connectivity index (χ3n) is 4.78. The van der Waals surface area contributed by atoms with Crippen molar-refractivity contribution in [1.82, 2.24) is 5.32 Å². The molecule has 8 nitrogen and oxygen atoms in total. The first-order chi connectivity index (χ1) is 15.5. The summed E-state index contributed by atoms with van der Waals surface area (Å²) in [4.78, 5) is 12.2. The fraction of sp³-hybridized carbons (Fsp3) is 0.136. The zero-order valence-electron chi connectivity index (χ0n) is 17.6. The molecule has 174 valence electrons. The van der Waals surface area contributed by atoms with Crippen LogP contribution in [0.3, 0.4) is 0 Å². The number of halogens is 1. The Hall–Kier alpha value is -3.28. The van der Waals surface area contributed by atoms with Crippen molar-refractivity contribution in [3.8, 4) is 0 Å². The number of hydrogen-bond donors (Lipinski definition) is 3. The van der Waals surface area contributed by atoms with E-state index >= 15 is 0 Å². The van der Waals surface area contributed by atoms with Gasteiger partial charge in [-0.3, -0.25) is 9.52 Å². The molecule has 33 heavy (non-hydrogen) atoms. The maximum absolute atomic E-state index is 13.8. The lowest BCUT2D eigenvalue weighted by Gasteiger charge is -2.11. The summed E-state index contributed by atoms with van der Waals surface area (Å²) in [6.07, 6.45) is 0.446. The molecular formula is C22H22FN3O5S2. The van der Waals surface area contributed by atoms with Gasteiger partial charge in [0.25, 0.3) is 15.9 Å². The molecule has 0 spiro atoms. The van der Waals surface area contributed by atoms with E-state index in [2.05, 4.69) is 10.0 Å². The highest BCUT2D eigenvalue weighted by atomic mass is 32.2. The molecule has 4 N–H and O–H groups in total. The number of rotatable bonds is 8. The number of carbonyl (C=O) groups is 1. The molecule has 3 aromatic rings. The second kappa shape index (κ2) is 9.69. The molecule has 0 bridgehead atoms. The maximum atomic E-state index is 13.8. The topological polar surface area (TPSA) is 135 Å². The average Bonchev–Trinajstić information content (AvgIpc) is 2.75. The summed E-state index contributed by atoms with van der Waals surface area (Å²) in [5.74, 6) is -1.05. The molecule has 1 amide bonds. The van der Waals surface area contributed by atoms with E-state index < -0.39 is 31.8 Å². The van der Waals surface area contributed by atoms with Crippen LogP contribution in [-0.4, -0.2) is 29.3 Å². The summed E-state index contributed by atoms with van der Waals surface area (Å²) < 4.78 is 63.7. The second-order valence-corrected chi connectivity index (χ2v) is 10.5. The van der Waals surface area contributed by atoms with Crippen molar-refractivity contribution in [2.45, 2.75) is 23.1 Å². The Balaban J connectivity index is 1.62. The summed E-state index contributed by atoms with van der Waals surface area (Å²) in [5, 5.41) is 7.78. The Kier molecular flexibility index (Phi) is 7.15. The fourth-order valence-electron chi connectivity index (χ4n) is 2.95. The monoisotopic (exact) mass is 491 g/mol. The predicted octanol–water partition coefficient (Wildman–Crippen LogP) is 2.55. The van der Waals surface area contributed by atoms with Crippen LogP contribution < -0.4 is 15.2 Å². The standard InChI is InChI=1S/C22H22FN3O5S2/c1-15-5-8-20(14-21(15)23)33(30,31)26-18-4-2-3-17(13-18)22(27)25-12-11-16-6-9-19(10-7-16)32(24,28)29/h2-10,13-14,26H,11-12H2,1H3,(H,25,27)(H2,24,28,29). The van der Waals surface area contributed by atoms with E-state index in [1.165, 1.54) is 55.5 Å². The molecule has 0 radical (unpaired) electrons. The van der Waals surface area contributed by atoms with E-state index in [9.17, 15) is 26.0 Å². The first-order valence-electron chi connectivity index (χ1n) is 9.75. The molecule has 0 aromatic heterocycles. The van der Waals surface area contributed by atoms with Gasteiger partial charge in [-0.1, -0.05) is 24.3 Å². The van der Waals surface area contributed by atoms with Crippen LogP contribution in [0.1, 0.15) is 21.5 Å².